The lowest BCUT2D eigenvalue weighted by atomic mass is 10.2. The predicted molar refractivity (Wildman–Crippen MR) is 135 cm³/mol. The largest absolute Gasteiger partial charge is 0.619 e. The van der Waals surface area contributed by atoms with Crippen molar-refractivity contribution < 1.29 is 18.6 Å². The van der Waals surface area contributed by atoms with Gasteiger partial charge in [-0.15, -0.1) is 0 Å². The average molecular weight is 498 g/mol. The van der Waals surface area contributed by atoms with E-state index in [-0.39, 0.29) is 5.69 Å². The first-order chi connectivity index (χ1) is 16.2. The Bertz CT molecular complexity index is 1400. The molecule has 2 N–H and O–H groups in total. The van der Waals surface area contributed by atoms with E-state index < -0.39 is 13.3 Å². The van der Waals surface area contributed by atoms with Gasteiger partial charge in [0.2, 0.25) is 0 Å². The summed E-state index contributed by atoms with van der Waals surface area (Å²) in [6.45, 7) is 4.18. The first-order valence-electron chi connectivity index (χ1n) is 10.7. The minimum atomic E-state index is -3.65. The van der Waals surface area contributed by atoms with Gasteiger partial charge in [0.1, 0.15) is 5.69 Å². The van der Waals surface area contributed by atoms with Crippen LogP contribution in [0.3, 0.4) is 0 Å². The average Bonchev–Trinajstić information content (AvgIpc) is 3.18. The number of aryl methyl sites for hydroxylation is 2. The highest BCUT2D eigenvalue weighted by atomic mass is 35.5. The van der Waals surface area contributed by atoms with Crippen LogP contribution < -0.4 is 20.7 Å². The third-order valence-electron chi connectivity index (χ3n) is 5.63. The molecule has 1 amide bonds. The summed E-state index contributed by atoms with van der Waals surface area (Å²) in [6.07, 6.45) is 3.36. The van der Waals surface area contributed by atoms with Crippen LogP contribution in [0.5, 0.6) is 0 Å². The van der Waals surface area contributed by atoms with E-state index in [1.54, 1.807) is 30.3 Å². The second kappa shape index (κ2) is 9.63. The minimum Gasteiger partial charge on any atom is -0.619 e. The van der Waals surface area contributed by atoms with Gasteiger partial charge >= 0.3 is 0 Å². The summed E-state index contributed by atoms with van der Waals surface area (Å²) in [7, 11) is -2.26. The van der Waals surface area contributed by atoms with Crippen LogP contribution in [0.15, 0.2) is 60.9 Å². The van der Waals surface area contributed by atoms with Crippen LogP contribution >= 0.6 is 19.0 Å². The zero-order chi connectivity index (χ0) is 24.5. The van der Waals surface area contributed by atoms with Gasteiger partial charge in [0, 0.05) is 47.0 Å². The monoisotopic (exact) mass is 497 g/mol. The van der Waals surface area contributed by atoms with Gasteiger partial charge in [0.15, 0.2) is 12.4 Å². The number of fused-ring (bicyclic) bond motifs is 1. The molecule has 4 aromatic rings. The van der Waals surface area contributed by atoms with E-state index in [0.29, 0.717) is 44.2 Å². The number of carbonyl (C=O) groups excluding carboxylic acids is 1. The molecule has 34 heavy (non-hydrogen) atoms. The molecular weight excluding hydrogens is 473 g/mol. The van der Waals surface area contributed by atoms with Gasteiger partial charge in [-0.2, -0.15) is 4.73 Å². The first kappa shape index (κ1) is 24.0. The van der Waals surface area contributed by atoms with Gasteiger partial charge in [-0.25, -0.2) is 0 Å². The lowest BCUT2D eigenvalue weighted by Crippen LogP contribution is -2.32. The molecule has 7 nitrogen and oxygen atoms in total. The molecule has 9 heteroatoms. The SMILES string of the molecule is COP(=O)(c1cc(C)cc(C)c1)c1c(C(=O)NCCc2cc[n+]([O-])cc2)[nH]c2ccc(Cl)cc12. The molecule has 2 heterocycles. The predicted octanol–water partition coefficient (Wildman–Crippen LogP) is 3.92. The fourth-order valence-corrected chi connectivity index (χ4v) is 6.61. The Morgan fingerprint density at radius 2 is 1.79 bits per heavy atom. The van der Waals surface area contributed by atoms with E-state index in [4.69, 9.17) is 16.1 Å². The zero-order valence-corrected chi connectivity index (χ0v) is 20.7. The van der Waals surface area contributed by atoms with Gasteiger partial charge in [-0.1, -0.05) is 28.8 Å². The van der Waals surface area contributed by atoms with Crippen molar-refractivity contribution in [3.8, 4) is 0 Å². The number of nitrogens with zero attached hydrogens (tertiary/aromatic N) is 1. The van der Waals surface area contributed by atoms with E-state index in [0.717, 1.165) is 16.7 Å². The van der Waals surface area contributed by atoms with Crippen molar-refractivity contribution in [1.82, 2.24) is 10.3 Å². The van der Waals surface area contributed by atoms with Crippen molar-refractivity contribution in [3.63, 3.8) is 0 Å². The maximum Gasteiger partial charge on any atom is 0.268 e. The lowest BCUT2D eigenvalue weighted by Gasteiger charge is -2.19. The Balaban J connectivity index is 1.76. The summed E-state index contributed by atoms with van der Waals surface area (Å²) in [5.74, 6) is -0.404. The number of halogens is 1. The fraction of sp³-hybridized carbons (Fsp3) is 0.200. The molecule has 0 radical (unpaired) electrons. The number of hydrogen-bond donors (Lipinski definition) is 2. The molecule has 0 saturated heterocycles. The number of carbonyl (C=O) groups is 1. The topological polar surface area (TPSA) is 98.1 Å². The molecule has 4 rings (SSSR count). The van der Waals surface area contributed by atoms with Crippen LogP contribution in [-0.2, 0) is 15.5 Å². The number of aromatic nitrogens is 2. The molecule has 0 fully saturated rings. The molecule has 1 atom stereocenters. The second-order valence-corrected chi connectivity index (χ2v) is 11.1. The number of H-pyrrole nitrogens is 1. The fourth-order valence-electron chi connectivity index (χ4n) is 4.09. The number of benzene rings is 2. The zero-order valence-electron chi connectivity index (χ0n) is 19.1. The van der Waals surface area contributed by atoms with Crippen LogP contribution in [0, 0.1) is 19.1 Å². The summed E-state index contributed by atoms with van der Waals surface area (Å²) in [5, 5.41) is 15.9. The standard InChI is InChI=1S/C25H25ClN3O4P/c1-16-12-17(2)14-20(13-16)34(32,33-3)24-21-15-19(26)4-5-22(21)28-23(24)25(30)27-9-6-18-7-10-29(31)11-8-18/h4-5,7-8,10-15,28H,6,9H2,1-3H3,(H,27,30). The van der Waals surface area contributed by atoms with Gasteiger partial charge in [0.05, 0.1) is 5.30 Å². The molecule has 2 aromatic carbocycles. The molecule has 0 aliphatic heterocycles. The first-order valence-corrected chi connectivity index (χ1v) is 12.7. The van der Waals surface area contributed by atoms with Crippen LogP contribution in [0.4, 0.5) is 0 Å². The van der Waals surface area contributed by atoms with E-state index in [9.17, 15) is 14.6 Å². The summed E-state index contributed by atoms with van der Waals surface area (Å²) in [5.41, 5.74) is 3.60. The van der Waals surface area contributed by atoms with E-state index >= 15 is 0 Å². The minimum absolute atomic E-state index is 0.173. The quantitative estimate of drug-likeness (QED) is 0.230. The molecular formula is C25H25ClN3O4P. The van der Waals surface area contributed by atoms with Crippen LogP contribution in [0.25, 0.3) is 10.9 Å². The summed E-state index contributed by atoms with van der Waals surface area (Å²) >= 11 is 6.26. The molecule has 0 aliphatic carbocycles. The number of pyridine rings is 1. The molecule has 0 aliphatic rings. The van der Waals surface area contributed by atoms with Gasteiger partial charge in [0.25, 0.3) is 13.3 Å². The van der Waals surface area contributed by atoms with Crippen molar-refractivity contribution in [2.24, 2.45) is 0 Å². The highest BCUT2D eigenvalue weighted by Crippen LogP contribution is 2.47. The molecule has 2 aromatic heterocycles. The maximum atomic E-state index is 14.4. The van der Waals surface area contributed by atoms with Crippen molar-refractivity contribution >= 4 is 46.4 Å². The summed E-state index contributed by atoms with van der Waals surface area (Å²) in [4.78, 5) is 16.4. The summed E-state index contributed by atoms with van der Waals surface area (Å²) < 4.78 is 20.8. The number of rotatable bonds is 7. The van der Waals surface area contributed by atoms with E-state index in [1.807, 2.05) is 32.0 Å². The second-order valence-electron chi connectivity index (χ2n) is 8.19. The third kappa shape index (κ3) is 4.73. The Morgan fingerprint density at radius 1 is 1.12 bits per heavy atom. The number of hydrogen-bond acceptors (Lipinski definition) is 4. The van der Waals surface area contributed by atoms with Crippen molar-refractivity contribution in [3.05, 3.63) is 93.5 Å². The van der Waals surface area contributed by atoms with E-state index in [1.165, 1.54) is 19.5 Å². The Labute approximate surface area is 202 Å². The Kier molecular flexibility index (Phi) is 6.80. The highest BCUT2D eigenvalue weighted by Gasteiger charge is 2.36. The third-order valence-corrected chi connectivity index (χ3v) is 8.37. The normalized spacial score (nSPS) is 13.1. The number of aromatic amines is 1. The van der Waals surface area contributed by atoms with Gasteiger partial charge < -0.3 is 20.0 Å². The van der Waals surface area contributed by atoms with Crippen LogP contribution in [-0.4, -0.2) is 24.5 Å². The summed E-state index contributed by atoms with van der Waals surface area (Å²) in [6, 6.07) is 14.2. The molecule has 0 saturated carbocycles. The van der Waals surface area contributed by atoms with Crippen molar-refractivity contribution in [2.75, 3.05) is 13.7 Å². The lowest BCUT2D eigenvalue weighted by molar-refractivity contribution is -0.605. The number of amides is 1. The molecule has 176 valence electrons. The van der Waals surface area contributed by atoms with Gasteiger partial charge in [-0.3, -0.25) is 9.36 Å². The van der Waals surface area contributed by atoms with Gasteiger partial charge in [-0.05, 0) is 56.2 Å². The van der Waals surface area contributed by atoms with Crippen molar-refractivity contribution in [1.29, 1.82) is 0 Å². The molecule has 0 spiro atoms. The number of nitrogens with one attached hydrogen (secondary N) is 2. The van der Waals surface area contributed by atoms with E-state index in [2.05, 4.69) is 10.3 Å². The van der Waals surface area contributed by atoms with Crippen molar-refractivity contribution in [2.45, 2.75) is 20.3 Å². The highest BCUT2D eigenvalue weighted by molar-refractivity contribution is 7.75. The Morgan fingerprint density at radius 3 is 2.44 bits per heavy atom. The smallest absolute Gasteiger partial charge is 0.268 e. The maximum absolute atomic E-state index is 14.4. The molecule has 0 bridgehead atoms. The van der Waals surface area contributed by atoms with Crippen LogP contribution in [0.2, 0.25) is 5.02 Å². The van der Waals surface area contributed by atoms with Crippen LogP contribution in [0.1, 0.15) is 27.2 Å². The molecule has 1 unspecified atom stereocenters. The Hall–Kier alpha value is -3.12.